The van der Waals surface area contributed by atoms with E-state index in [0.29, 0.717) is 24.1 Å². The highest BCUT2D eigenvalue weighted by Gasteiger charge is 2.45. The van der Waals surface area contributed by atoms with Crippen LogP contribution < -0.4 is 4.74 Å². The maximum absolute atomic E-state index is 13.4. The summed E-state index contributed by atoms with van der Waals surface area (Å²) in [4.78, 5) is 20.0. The molecule has 1 amide bonds. The maximum atomic E-state index is 13.4. The number of halogens is 2. The Morgan fingerprint density at radius 1 is 1.17 bits per heavy atom. The van der Waals surface area contributed by atoms with Crippen LogP contribution in [0.3, 0.4) is 0 Å². The molecule has 7 nitrogen and oxygen atoms in total. The van der Waals surface area contributed by atoms with Crippen molar-refractivity contribution in [1.29, 1.82) is 0 Å². The molecule has 176 valence electrons. The van der Waals surface area contributed by atoms with E-state index in [1.165, 1.54) is 6.07 Å². The van der Waals surface area contributed by atoms with E-state index in [-0.39, 0.29) is 23.7 Å². The van der Waals surface area contributed by atoms with Gasteiger partial charge in [-0.2, -0.15) is 13.9 Å². The number of alkyl halides is 2. The number of rotatable bonds is 3. The van der Waals surface area contributed by atoms with Gasteiger partial charge in [0, 0.05) is 42.9 Å². The molecular formula is C26H21F2N5O2. The number of hydrogen-bond acceptors (Lipinski definition) is 4. The predicted molar refractivity (Wildman–Crippen MR) is 124 cm³/mol. The fraction of sp³-hybridized carbons (Fsp3) is 0.269. The van der Waals surface area contributed by atoms with E-state index < -0.39 is 6.61 Å². The van der Waals surface area contributed by atoms with Crippen molar-refractivity contribution < 1.29 is 18.3 Å². The molecule has 6 rings (SSSR count). The zero-order chi connectivity index (χ0) is 24.3. The van der Waals surface area contributed by atoms with Gasteiger partial charge in [-0.05, 0) is 37.3 Å². The molecule has 2 aromatic carbocycles. The number of ether oxygens (including phenoxy) is 1. The molecule has 0 unspecified atom stereocenters. The number of amides is 1. The molecule has 2 atom stereocenters. The lowest BCUT2D eigenvalue weighted by Crippen LogP contribution is -2.34. The minimum Gasteiger partial charge on any atom is -0.434 e. The number of aryl methyl sites for hydroxylation is 1. The molecular weight excluding hydrogens is 452 g/mol. The summed E-state index contributed by atoms with van der Waals surface area (Å²) in [5, 5.41) is 4.14. The molecule has 0 fully saturated rings. The second-order valence-corrected chi connectivity index (χ2v) is 8.65. The molecule has 4 aromatic rings. The van der Waals surface area contributed by atoms with Crippen molar-refractivity contribution in [3.8, 4) is 17.6 Å². The third-order valence-corrected chi connectivity index (χ3v) is 6.65. The minimum absolute atomic E-state index is 0.0229. The van der Waals surface area contributed by atoms with Crippen LogP contribution in [0.1, 0.15) is 58.3 Å². The molecule has 0 saturated carbocycles. The first kappa shape index (κ1) is 21.4. The van der Waals surface area contributed by atoms with Gasteiger partial charge >= 0.3 is 6.61 Å². The van der Waals surface area contributed by atoms with Gasteiger partial charge in [0.2, 0.25) is 0 Å². The first-order chi connectivity index (χ1) is 16.9. The number of carbonyl (C=O) groups excluding carboxylic acids is 1. The van der Waals surface area contributed by atoms with Crippen LogP contribution in [0.15, 0.2) is 48.8 Å². The number of benzene rings is 2. The van der Waals surface area contributed by atoms with E-state index in [1.54, 1.807) is 27.9 Å². The van der Waals surface area contributed by atoms with Crippen LogP contribution in [0.2, 0.25) is 0 Å². The van der Waals surface area contributed by atoms with Gasteiger partial charge in [0.05, 0.1) is 34.9 Å². The fourth-order valence-electron chi connectivity index (χ4n) is 5.25. The Hall–Kier alpha value is -4.19. The highest BCUT2D eigenvalue weighted by Crippen LogP contribution is 2.50. The van der Waals surface area contributed by atoms with Gasteiger partial charge in [-0.15, -0.1) is 0 Å². The SMILES string of the molecule is CCN1C(=O)c2cccc(OC(F)F)c2[C@H]2C[C@@H]1c1nc3ccc(C#Cc4cnn(C)c4)cc3n12. The number of aromatic nitrogens is 4. The Morgan fingerprint density at radius 2 is 2.00 bits per heavy atom. The smallest absolute Gasteiger partial charge is 0.387 e. The van der Waals surface area contributed by atoms with Crippen LogP contribution in [0.4, 0.5) is 8.78 Å². The molecule has 0 saturated heterocycles. The topological polar surface area (TPSA) is 65.2 Å². The third kappa shape index (κ3) is 3.36. The predicted octanol–water partition coefficient (Wildman–Crippen LogP) is 4.28. The summed E-state index contributed by atoms with van der Waals surface area (Å²) in [6, 6.07) is 9.90. The van der Waals surface area contributed by atoms with Gasteiger partial charge in [-0.3, -0.25) is 9.48 Å². The second-order valence-electron chi connectivity index (χ2n) is 8.65. The molecule has 0 aliphatic carbocycles. The molecule has 35 heavy (non-hydrogen) atoms. The molecule has 4 heterocycles. The third-order valence-electron chi connectivity index (χ3n) is 6.65. The lowest BCUT2D eigenvalue weighted by molar-refractivity contribution is -0.0507. The molecule has 0 radical (unpaired) electrons. The van der Waals surface area contributed by atoms with Crippen LogP contribution in [0, 0.1) is 11.8 Å². The normalized spacial score (nSPS) is 18.3. The summed E-state index contributed by atoms with van der Waals surface area (Å²) < 4.78 is 35.2. The molecule has 2 bridgehead atoms. The van der Waals surface area contributed by atoms with Gasteiger partial charge in [0.15, 0.2) is 0 Å². The zero-order valence-corrected chi connectivity index (χ0v) is 19.1. The van der Waals surface area contributed by atoms with Gasteiger partial charge in [-0.1, -0.05) is 17.9 Å². The van der Waals surface area contributed by atoms with Crippen molar-refractivity contribution in [3.05, 3.63) is 76.9 Å². The number of hydrogen-bond donors (Lipinski definition) is 0. The number of fused-ring (bicyclic) bond motifs is 9. The molecule has 9 heteroatoms. The van der Waals surface area contributed by atoms with Crippen molar-refractivity contribution in [2.75, 3.05) is 6.54 Å². The van der Waals surface area contributed by atoms with Crippen LogP contribution >= 0.6 is 0 Å². The molecule has 0 spiro atoms. The average Bonchev–Trinajstić information content (AvgIpc) is 3.49. The Morgan fingerprint density at radius 3 is 2.74 bits per heavy atom. The van der Waals surface area contributed by atoms with Gasteiger partial charge in [0.25, 0.3) is 5.91 Å². The summed E-state index contributed by atoms with van der Waals surface area (Å²) in [5.74, 6) is 6.85. The Kier molecular flexibility index (Phi) is 4.85. The molecule has 2 aromatic heterocycles. The first-order valence-electron chi connectivity index (χ1n) is 11.4. The molecule has 0 N–H and O–H groups in total. The van der Waals surface area contributed by atoms with E-state index in [4.69, 9.17) is 9.72 Å². The van der Waals surface area contributed by atoms with Crippen LogP contribution in [0.25, 0.3) is 11.0 Å². The van der Waals surface area contributed by atoms with E-state index >= 15 is 0 Å². The fourth-order valence-corrected chi connectivity index (χ4v) is 5.25. The molecule has 2 aliphatic rings. The monoisotopic (exact) mass is 473 g/mol. The largest absolute Gasteiger partial charge is 0.434 e. The van der Waals surface area contributed by atoms with E-state index in [1.807, 2.05) is 38.4 Å². The highest BCUT2D eigenvalue weighted by atomic mass is 19.3. The highest BCUT2D eigenvalue weighted by molar-refractivity contribution is 5.98. The van der Waals surface area contributed by atoms with Crippen LogP contribution in [0.5, 0.6) is 5.75 Å². The molecule has 2 aliphatic heterocycles. The van der Waals surface area contributed by atoms with Gasteiger partial charge in [0.1, 0.15) is 11.6 Å². The van der Waals surface area contributed by atoms with Crippen molar-refractivity contribution in [2.45, 2.75) is 32.0 Å². The van der Waals surface area contributed by atoms with Crippen LogP contribution in [-0.4, -0.2) is 43.3 Å². The van der Waals surface area contributed by atoms with Crippen LogP contribution in [-0.2, 0) is 7.05 Å². The van der Waals surface area contributed by atoms with E-state index in [0.717, 1.165) is 28.0 Å². The van der Waals surface area contributed by atoms with Crippen molar-refractivity contribution in [3.63, 3.8) is 0 Å². The standard InChI is InChI=1S/C26H21F2N5O2/c1-3-32-21-12-20(23-17(25(32)34)5-4-6-22(23)35-26(27)28)33-19-11-15(9-10-18(19)30-24(21)33)7-8-16-13-29-31(2)14-16/h4-6,9-11,13-14,20-21,26H,3,12H2,1-2H3/t20-,21-/m1/s1. The summed E-state index contributed by atoms with van der Waals surface area (Å²) in [6.45, 7) is -0.608. The van der Waals surface area contributed by atoms with E-state index in [2.05, 4.69) is 21.5 Å². The first-order valence-corrected chi connectivity index (χ1v) is 11.4. The average molecular weight is 473 g/mol. The maximum Gasteiger partial charge on any atom is 0.387 e. The quantitative estimate of drug-likeness (QED) is 0.417. The lowest BCUT2D eigenvalue weighted by atomic mass is 9.97. The summed E-state index contributed by atoms with van der Waals surface area (Å²) in [5.41, 5.74) is 4.07. The van der Waals surface area contributed by atoms with Gasteiger partial charge < -0.3 is 14.2 Å². The van der Waals surface area contributed by atoms with E-state index in [9.17, 15) is 13.6 Å². The zero-order valence-electron chi connectivity index (χ0n) is 19.1. The minimum atomic E-state index is -2.99. The van der Waals surface area contributed by atoms with Crippen molar-refractivity contribution >= 4 is 16.9 Å². The Bertz CT molecular complexity index is 1540. The summed E-state index contributed by atoms with van der Waals surface area (Å²) >= 11 is 0. The number of nitrogens with zero attached hydrogens (tertiary/aromatic N) is 5. The Balaban J connectivity index is 1.54. The summed E-state index contributed by atoms with van der Waals surface area (Å²) in [7, 11) is 1.83. The van der Waals surface area contributed by atoms with Crippen molar-refractivity contribution in [2.24, 2.45) is 7.05 Å². The van der Waals surface area contributed by atoms with Crippen molar-refractivity contribution in [1.82, 2.24) is 24.2 Å². The lowest BCUT2D eigenvalue weighted by Gasteiger charge is -2.27. The summed E-state index contributed by atoms with van der Waals surface area (Å²) in [6.07, 6.45) is 4.08. The Labute approximate surface area is 199 Å². The number of carbonyl (C=O) groups is 1. The second kappa shape index (κ2) is 7.94. The number of imidazole rings is 1. The van der Waals surface area contributed by atoms with Gasteiger partial charge in [-0.25, -0.2) is 4.98 Å².